The number of amidine groups is 1. The Kier molecular flexibility index (Phi) is 5.47. The Morgan fingerprint density at radius 2 is 1.74 bits per heavy atom. The Bertz CT molecular complexity index is 1070. The molecule has 0 fully saturated rings. The van der Waals surface area contributed by atoms with Gasteiger partial charge in [0.1, 0.15) is 11.9 Å². The van der Waals surface area contributed by atoms with Gasteiger partial charge >= 0.3 is 6.18 Å². The van der Waals surface area contributed by atoms with Crippen LogP contribution >= 0.6 is 0 Å². The molecule has 2 aliphatic heterocycles. The number of nitrogens with zero attached hydrogens (tertiary/aromatic N) is 3. The molecule has 1 atom stereocenters. The van der Waals surface area contributed by atoms with Gasteiger partial charge in [-0.15, -0.1) is 5.10 Å². The first-order chi connectivity index (χ1) is 14.8. The molecule has 31 heavy (non-hydrogen) atoms. The predicted octanol–water partition coefficient (Wildman–Crippen LogP) is 5.76. The van der Waals surface area contributed by atoms with Crippen LogP contribution in [0.15, 0.2) is 69.9 Å². The normalized spacial score (nSPS) is 18.4. The van der Waals surface area contributed by atoms with Gasteiger partial charge in [-0.25, -0.2) is 5.01 Å². The molecule has 0 aliphatic carbocycles. The number of rotatable bonds is 4. The smallest absolute Gasteiger partial charge is 0.416 e. The minimum atomic E-state index is -4.48. The van der Waals surface area contributed by atoms with Crippen molar-refractivity contribution in [2.45, 2.75) is 46.0 Å². The second kappa shape index (κ2) is 8.09. The van der Waals surface area contributed by atoms with Gasteiger partial charge in [-0.2, -0.15) is 18.3 Å². The lowest BCUT2D eigenvalue weighted by Gasteiger charge is -2.28. The van der Waals surface area contributed by atoms with Crippen LogP contribution in [0.2, 0.25) is 0 Å². The Morgan fingerprint density at radius 3 is 2.39 bits per heavy atom. The number of alkyl halides is 3. The highest BCUT2D eigenvalue weighted by atomic mass is 19.4. The lowest BCUT2D eigenvalue weighted by atomic mass is 9.99. The summed E-state index contributed by atoms with van der Waals surface area (Å²) in [5.41, 5.74) is 5.36. The number of benzene rings is 2. The van der Waals surface area contributed by atoms with Crippen LogP contribution in [0, 0.1) is 0 Å². The number of ether oxygens (including phenoxy) is 1. The summed E-state index contributed by atoms with van der Waals surface area (Å²) in [5.74, 6) is 1.14. The van der Waals surface area contributed by atoms with Gasteiger partial charge in [-0.05, 0) is 37.5 Å². The van der Waals surface area contributed by atoms with Crippen molar-refractivity contribution in [3.8, 4) is 16.9 Å². The van der Waals surface area contributed by atoms with Gasteiger partial charge in [0.05, 0.1) is 5.56 Å². The van der Waals surface area contributed by atoms with E-state index in [1.54, 1.807) is 5.01 Å². The molecule has 2 heterocycles. The van der Waals surface area contributed by atoms with E-state index in [1.165, 1.54) is 6.07 Å². The van der Waals surface area contributed by atoms with Crippen LogP contribution in [0.4, 0.5) is 13.2 Å². The van der Waals surface area contributed by atoms with Crippen molar-refractivity contribution in [1.29, 1.82) is 0 Å². The quantitative estimate of drug-likeness (QED) is 0.674. The summed E-state index contributed by atoms with van der Waals surface area (Å²) in [5, 5.41) is 10.7. The molecule has 0 saturated carbocycles. The van der Waals surface area contributed by atoms with Crippen LogP contribution in [0.1, 0.15) is 39.2 Å². The molecule has 8 heteroatoms. The molecule has 162 valence electrons. The fraction of sp³-hybridized carbons (Fsp3) is 0.304. The molecule has 0 amide bonds. The maximum absolute atomic E-state index is 13.4. The first-order valence-corrected chi connectivity index (χ1v) is 10.2. The molecule has 1 unspecified atom stereocenters. The average molecular weight is 428 g/mol. The summed E-state index contributed by atoms with van der Waals surface area (Å²) >= 11 is 0. The van der Waals surface area contributed by atoms with E-state index < -0.39 is 11.7 Å². The van der Waals surface area contributed by atoms with Gasteiger partial charge in [-0.1, -0.05) is 50.2 Å². The second-order valence-corrected chi connectivity index (χ2v) is 7.33. The first kappa shape index (κ1) is 21.0. The van der Waals surface area contributed by atoms with Crippen LogP contribution in [0.25, 0.3) is 11.1 Å². The third-order valence-electron chi connectivity index (χ3n) is 5.34. The number of hydrogen-bond donors (Lipinski definition) is 1. The van der Waals surface area contributed by atoms with E-state index in [2.05, 4.69) is 15.6 Å². The number of hydrazone groups is 2. The van der Waals surface area contributed by atoms with E-state index in [0.717, 1.165) is 34.7 Å². The standard InChI is InChI=1S/C23H23F3N4O/c1-4-17-18(5-2)22(29-30-14(3)27-28-21(17)30)31-20-13-16(23(24,25)26)11-12-19(20)15-9-7-6-8-10-15/h6-14,27H,4-5H2,1-3H3. The van der Waals surface area contributed by atoms with Crippen LogP contribution in [0.5, 0.6) is 5.75 Å². The van der Waals surface area contributed by atoms with E-state index in [9.17, 15) is 13.2 Å². The maximum Gasteiger partial charge on any atom is 0.416 e. The fourth-order valence-corrected chi connectivity index (χ4v) is 3.77. The van der Waals surface area contributed by atoms with Crippen molar-refractivity contribution in [2.24, 2.45) is 10.2 Å². The molecule has 2 aliphatic rings. The average Bonchev–Trinajstić information content (AvgIpc) is 3.13. The highest BCUT2D eigenvalue weighted by Gasteiger charge is 2.35. The van der Waals surface area contributed by atoms with Crippen molar-refractivity contribution in [1.82, 2.24) is 10.4 Å². The summed E-state index contributed by atoms with van der Waals surface area (Å²) in [7, 11) is 0. The minimum Gasteiger partial charge on any atom is -0.437 e. The molecule has 1 N–H and O–H groups in total. The van der Waals surface area contributed by atoms with Crippen molar-refractivity contribution >= 4 is 11.7 Å². The van der Waals surface area contributed by atoms with Crippen molar-refractivity contribution < 1.29 is 17.9 Å². The van der Waals surface area contributed by atoms with E-state index >= 15 is 0 Å². The zero-order valence-corrected chi connectivity index (χ0v) is 17.5. The molecular weight excluding hydrogens is 405 g/mol. The molecule has 2 aromatic rings. The third-order valence-corrected chi connectivity index (χ3v) is 5.34. The maximum atomic E-state index is 13.4. The third kappa shape index (κ3) is 3.89. The van der Waals surface area contributed by atoms with Gasteiger partial charge in [-0.3, -0.25) is 5.43 Å². The summed E-state index contributed by atoms with van der Waals surface area (Å²) < 4.78 is 46.5. The molecule has 0 bridgehead atoms. The zero-order chi connectivity index (χ0) is 22.2. The van der Waals surface area contributed by atoms with E-state index in [0.29, 0.717) is 24.3 Å². The predicted molar refractivity (Wildman–Crippen MR) is 114 cm³/mol. The van der Waals surface area contributed by atoms with Crippen LogP contribution < -0.4 is 10.2 Å². The molecular formula is C23H23F3N4O. The van der Waals surface area contributed by atoms with Crippen molar-refractivity contribution in [3.05, 3.63) is 65.2 Å². The minimum absolute atomic E-state index is 0.112. The molecule has 0 spiro atoms. The Morgan fingerprint density at radius 1 is 1.03 bits per heavy atom. The Labute approximate surface area is 178 Å². The first-order valence-electron chi connectivity index (χ1n) is 10.2. The lowest BCUT2D eigenvalue weighted by molar-refractivity contribution is -0.137. The van der Waals surface area contributed by atoms with Crippen molar-refractivity contribution in [3.63, 3.8) is 0 Å². The number of nitrogens with one attached hydrogen (secondary N) is 1. The van der Waals surface area contributed by atoms with Crippen LogP contribution in [-0.4, -0.2) is 22.9 Å². The summed E-state index contributed by atoms with van der Waals surface area (Å²) in [4.78, 5) is 0. The zero-order valence-electron chi connectivity index (χ0n) is 17.5. The van der Waals surface area contributed by atoms with Gasteiger partial charge in [0.2, 0.25) is 5.90 Å². The summed E-state index contributed by atoms with van der Waals surface area (Å²) in [6.45, 7) is 5.88. The summed E-state index contributed by atoms with van der Waals surface area (Å²) in [6, 6.07) is 12.8. The number of fused-ring (bicyclic) bond motifs is 1. The van der Waals surface area contributed by atoms with Gasteiger partial charge in [0.15, 0.2) is 5.84 Å². The fourth-order valence-electron chi connectivity index (χ4n) is 3.77. The summed E-state index contributed by atoms with van der Waals surface area (Å²) in [6.07, 6.45) is -3.34. The topological polar surface area (TPSA) is 49.2 Å². The number of halogens is 3. The van der Waals surface area contributed by atoms with Gasteiger partial charge in [0, 0.05) is 16.7 Å². The van der Waals surface area contributed by atoms with Gasteiger partial charge < -0.3 is 4.74 Å². The Hall–Kier alpha value is -3.29. The van der Waals surface area contributed by atoms with E-state index in [-0.39, 0.29) is 11.9 Å². The SMILES string of the molecule is CCC1=C(CC)C2=NNC(C)N2N=C1Oc1cc(C(F)(F)F)ccc1-c1ccccc1. The lowest BCUT2D eigenvalue weighted by Crippen LogP contribution is -2.39. The second-order valence-electron chi connectivity index (χ2n) is 7.33. The highest BCUT2D eigenvalue weighted by molar-refractivity contribution is 6.11. The van der Waals surface area contributed by atoms with Crippen molar-refractivity contribution in [2.75, 3.05) is 0 Å². The largest absolute Gasteiger partial charge is 0.437 e. The molecule has 5 nitrogen and oxygen atoms in total. The molecule has 0 radical (unpaired) electrons. The monoisotopic (exact) mass is 428 g/mol. The molecule has 2 aromatic carbocycles. The molecule has 0 saturated heterocycles. The molecule has 0 aromatic heterocycles. The van der Waals surface area contributed by atoms with E-state index in [4.69, 9.17) is 4.74 Å². The van der Waals surface area contributed by atoms with Crippen LogP contribution in [-0.2, 0) is 6.18 Å². The highest BCUT2D eigenvalue weighted by Crippen LogP contribution is 2.38. The van der Waals surface area contributed by atoms with Crippen LogP contribution in [0.3, 0.4) is 0 Å². The van der Waals surface area contributed by atoms with E-state index in [1.807, 2.05) is 51.1 Å². The molecule has 4 rings (SSSR count). The number of hydrogen-bond acceptors (Lipinski definition) is 5. The van der Waals surface area contributed by atoms with Gasteiger partial charge in [0.25, 0.3) is 0 Å². The Balaban J connectivity index is 1.83.